The van der Waals surface area contributed by atoms with Crippen LogP contribution in [0.3, 0.4) is 0 Å². The molecule has 1 N–H and O–H groups in total. The summed E-state index contributed by atoms with van der Waals surface area (Å²) in [5.41, 5.74) is 2.41. The van der Waals surface area contributed by atoms with Crippen molar-refractivity contribution in [2.45, 2.75) is 32.3 Å². The number of carbonyl (C=O) groups excluding carboxylic acids is 1. The number of nitrogens with zero attached hydrogens (tertiary/aromatic N) is 2. The molecular weight excluding hydrogens is 314 g/mol. The van der Waals surface area contributed by atoms with Gasteiger partial charge in [-0.1, -0.05) is 12.1 Å². The lowest BCUT2D eigenvalue weighted by atomic mass is 10.1. The van der Waals surface area contributed by atoms with Crippen molar-refractivity contribution in [1.82, 2.24) is 4.98 Å². The smallest absolute Gasteiger partial charge is 0.259 e. The first-order chi connectivity index (χ1) is 12.2. The molecule has 5 heteroatoms. The summed E-state index contributed by atoms with van der Waals surface area (Å²) in [6.07, 6.45) is 5.28. The number of carbonyl (C=O) groups is 1. The normalized spacial score (nSPS) is 15.7. The Bertz CT molecular complexity index is 726. The molecule has 2 heterocycles. The van der Waals surface area contributed by atoms with Crippen LogP contribution in [0.5, 0.6) is 0 Å². The lowest BCUT2D eigenvalue weighted by molar-refractivity contribution is 0.102. The highest BCUT2D eigenvalue weighted by atomic mass is 16.5. The van der Waals surface area contributed by atoms with Crippen molar-refractivity contribution in [2.24, 2.45) is 0 Å². The number of piperidine rings is 1. The Morgan fingerprint density at radius 1 is 1.20 bits per heavy atom. The summed E-state index contributed by atoms with van der Waals surface area (Å²) in [7, 11) is 1.68. The molecule has 132 valence electrons. The monoisotopic (exact) mass is 339 g/mol. The molecule has 0 spiro atoms. The van der Waals surface area contributed by atoms with E-state index in [2.05, 4.69) is 15.2 Å². The van der Waals surface area contributed by atoms with Gasteiger partial charge in [0.25, 0.3) is 5.91 Å². The van der Waals surface area contributed by atoms with Crippen LogP contribution in [0.4, 0.5) is 11.5 Å². The van der Waals surface area contributed by atoms with Gasteiger partial charge in [-0.3, -0.25) is 4.79 Å². The van der Waals surface area contributed by atoms with Gasteiger partial charge in [-0.05, 0) is 56.0 Å². The average Bonchev–Trinajstić information content (AvgIpc) is 2.68. The van der Waals surface area contributed by atoms with Crippen LogP contribution in [0.2, 0.25) is 0 Å². The Balaban J connectivity index is 1.80. The van der Waals surface area contributed by atoms with Crippen molar-refractivity contribution in [3.63, 3.8) is 0 Å². The minimum absolute atomic E-state index is 0.0147. The molecule has 25 heavy (non-hydrogen) atoms. The summed E-state index contributed by atoms with van der Waals surface area (Å²) >= 11 is 0. The topological polar surface area (TPSA) is 54.5 Å². The van der Waals surface area contributed by atoms with Gasteiger partial charge in [0, 0.05) is 32.1 Å². The minimum atomic E-state index is -0.129. The number of pyridine rings is 1. The zero-order chi connectivity index (χ0) is 17.6. The van der Waals surface area contributed by atoms with Crippen LogP contribution < -0.4 is 10.2 Å². The lowest BCUT2D eigenvalue weighted by Crippen LogP contribution is -2.32. The van der Waals surface area contributed by atoms with Crippen molar-refractivity contribution >= 4 is 17.4 Å². The number of ether oxygens (including phenoxy) is 1. The summed E-state index contributed by atoms with van der Waals surface area (Å²) in [5, 5.41) is 3.00. The van der Waals surface area contributed by atoms with E-state index in [0.717, 1.165) is 43.0 Å². The van der Waals surface area contributed by atoms with Gasteiger partial charge in [0.2, 0.25) is 0 Å². The van der Waals surface area contributed by atoms with Gasteiger partial charge in [0.15, 0.2) is 0 Å². The fraction of sp³-hybridized carbons (Fsp3) is 0.400. The van der Waals surface area contributed by atoms with Crippen LogP contribution in [0.15, 0.2) is 42.6 Å². The molecule has 3 rings (SSSR count). The van der Waals surface area contributed by atoms with Crippen LogP contribution in [0, 0.1) is 0 Å². The number of hydrogen-bond acceptors (Lipinski definition) is 4. The summed E-state index contributed by atoms with van der Waals surface area (Å²) in [5.74, 6) is 0.650. The maximum Gasteiger partial charge on any atom is 0.259 e. The van der Waals surface area contributed by atoms with Crippen molar-refractivity contribution in [3.8, 4) is 0 Å². The molecule has 2 aromatic rings. The Morgan fingerprint density at radius 3 is 2.76 bits per heavy atom. The Morgan fingerprint density at radius 2 is 2.00 bits per heavy atom. The SMILES string of the molecule is COC(C)c1cccc(NC(=O)c2cccnc2N2CCCCC2)c1. The number of anilines is 2. The second-order valence-electron chi connectivity index (χ2n) is 6.38. The summed E-state index contributed by atoms with van der Waals surface area (Å²) in [6.45, 7) is 3.90. The molecule has 0 radical (unpaired) electrons. The van der Waals surface area contributed by atoms with E-state index in [9.17, 15) is 4.79 Å². The number of rotatable bonds is 5. The third-order valence-electron chi connectivity index (χ3n) is 4.65. The summed E-state index contributed by atoms with van der Waals surface area (Å²) in [6, 6.07) is 11.4. The standard InChI is InChI=1S/C20H25N3O2/c1-15(25-2)16-8-6-9-17(14-16)22-20(24)18-10-7-11-21-19(18)23-12-4-3-5-13-23/h6-11,14-15H,3-5,12-13H2,1-2H3,(H,22,24). The molecule has 1 saturated heterocycles. The molecule has 1 aliphatic rings. The van der Waals surface area contributed by atoms with E-state index >= 15 is 0 Å². The second kappa shape index (κ2) is 8.12. The molecular formula is C20H25N3O2. The maximum atomic E-state index is 12.8. The number of aromatic nitrogens is 1. The quantitative estimate of drug-likeness (QED) is 0.893. The van der Waals surface area contributed by atoms with Crippen molar-refractivity contribution in [3.05, 3.63) is 53.7 Å². The number of hydrogen-bond donors (Lipinski definition) is 1. The minimum Gasteiger partial charge on any atom is -0.377 e. The molecule has 0 bridgehead atoms. The number of nitrogens with one attached hydrogen (secondary N) is 1. The van der Waals surface area contributed by atoms with Crippen LogP contribution in [0.25, 0.3) is 0 Å². The first-order valence-corrected chi connectivity index (χ1v) is 8.83. The first kappa shape index (κ1) is 17.4. The van der Waals surface area contributed by atoms with E-state index in [0.29, 0.717) is 5.56 Å². The zero-order valence-corrected chi connectivity index (χ0v) is 14.9. The van der Waals surface area contributed by atoms with Gasteiger partial charge in [-0.25, -0.2) is 4.98 Å². The van der Waals surface area contributed by atoms with E-state index in [1.807, 2.05) is 43.3 Å². The van der Waals surface area contributed by atoms with Crippen LogP contribution in [0.1, 0.15) is 48.2 Å². The highest BCUT2D eigenvalue weighted by Gasteiger charge is 2.19. The van der Waals surface area contributed by atoms with Gasteiger partial charge in [-0.15, -0.1) is 0 Å². The van der Waals surface area contributed by atoms with Gasteiger partial charge in [-0.2, -0.15) is 0 Å². The Hall–Kier alpha value is -2.40. The van der Waals surface area contributed by atoms with E-state index in [1.54, 1.807) is 13.3 Å². The van der Waals surface area contributed by atoms with E-state index < -0.39 is 0 Å². The van der Waals surface area contributed by atoms with Crippen LogP contribution >= 0.6 is 0 Å². The molecule has 0 aliphatic carbocycles. The largest absolute Gasteiger partial charge is 0.377 e. The van der Waals surface area contributed by atoms with Crippen LogP contribution in [-0.4, -0.2) is 31.1 Å². The van der Waals surface area contributed by atoms with E-state index in [-0.39, 0.29) is 12.0 Å². The van der Waals surface area contributed by atoms with Crippen molar-refractivity contribution in [2.75, 3.05) is 30.4 Å². The van der Waals surface area contributed by atoms with Gasteiger partial charge in [0.05, 0.1) is 11.7 Å². The Kier molecular flexibility index (Phi) is 5.66. The fourth-order valence-electron chi connectivity index (χ4n) is 3.14. The highest BCUT2D eigenvalue weighted by Crippen LogP contribution is 2.24. The van der Waals surface area contributed by atoms with Gasteiger partial charge < -0.3 is 15.0 Å². The molecule has 5 nitrogen and oxygen atoms in total. The number of methoxy groups -OCH3 is 1. The molecule has 1 fully saturated rings. The Labute approximate surface area is 149 Å². The molecule has 1 atom stereocenters. The lowest BCUT2D eigenvalue weighted by Gasteiger charge is -2.29. The first-order valence-electron chi connectivity index (χ1n) is 8.83. The second-order valence-corrected chi connectivity index (χ2v) is 6.38. The van der Waals surface area contributed by atoms with Gasteiger partial charge >= 0.3 is 0 Å². The molecule has 1 aliphatic heterocycles. The van der Waals surface area contributed by atoms with Crippen LogP contribution in [-0.2, 0) is 4.74 Å². The van der Waals surface area contributed by atoms with E-state index in [4.69, 9.17) is 4.74 Å². The summed E-state index contributed by atoms with van der Waals surface area (Å²) < 4.78 is 5.35. The predicted octanol–water partition coefficient (Wildman–Crippen LogP) is 4.03. The number of benzene rings is 1. The molecule has 0 saturated carbocycles. The molecule has 1 aromatic heterocycles. The van der Waals surface area contributed by atoms with Crippen molar-refractivity contribution in [1.29, 1.82) is 0 Å². The molecule has 1 amide bonds. The highest BCUT2D eigenvalue weighted by molar-refractivity contribution is 6.07. The fourth-order valence-corrected chi connectivity index (χ4v) is 3.14. The van der Waals surface area contributed by atoms with Gasteiger partial charge in [0.1, 0.15) is 5.82 Å². The third-order valence-corrected chi connectivity index (χ3v) is 4.65. The predicted molar refractivity (Wildman–Crippen MR) is 100 cm³/mol. The summed E-state index contributed by atoms with van der Waals surface area (Å²) in [4.78, 5) is 19.5. The van der Waals surface area contributed by atoms with Crippen molar-refractivity contribution < 1.29 is 9.53 Å². The third kappa shape index (κ3) is 4.17. The number of amides is 1. The average molecular weight is 339 g/mol. The molecule has 1 aromatic carbocycles. The molecule has 1 unspecified atom stereocenters. The maximum absolute atomic E-state index is 12.8. The zero-order valence-electron chi connectivity index (χ0n) is 14.9. The van der Waals surface area contributed by atoms with E-state index in [1.165, 1.54) is 6.42 Å².